The third-order valence-electron chi connectivity index (χ3n) is 4.14. The minimum atomic E-state index is -0.473. The first kappa shape index (κ1) is 20.7. The third kappa shape index (κ3) is 5.26. The van der Waals surface area contributed by atoms with Crippen molar-refractivity contribution in [3.8, 4) is 11.5 Å². The van der Waals surface area contributed by atoms with Gasteiger partial charge in [0.25, 0.3) is 11.8 Å². The number of carbonyl (C=O) groups excluding carboxylic acids is 2. The van der Waals surface area contributed by atoms with Crippen LogP contribution in [0.5, 0.6) is 11.5 Å². The molecule has 1 aromatic carbocycles. The van der Waals surface area contributed by atoms with Gasteiger partial charge in [0.15, 0.2) is 11.5 Å². The fourth-order valence-corrected chi connectivity index (χ4v) is 2.63. The molecular weight excluding hydrogens is 386 g/mol. The van der Waals surface area contributed by atoms with Crippen molar-refractivity contribution in [1.29, 1.82) is 0 Å². The van der Waals surface area contributed by atoms with Crippen molar-refractivity contribution >= 4 is 17.9 Å². The number of hydrogen-bond acceptors (Lipinski definition) is 6. The summed E-state index contributed by atoms with van der Waals surface area (Å²) in [6.07, 6.45) is 6.27. The van der Waals surface area contributed by atoms with E-state index in [2.05, 4.69) is 15.6 Å². The van der Waals surface area contributed by atoms with E-state index in [9.17, 15) is 9.59 Å². The fraction of sp³-hybridized carbons (Fsp3) is 0.136. The summed E-state index contributed by atoms with van der Waals surface area (Å²) in [4.78, 5) is 29.5. The second-order valence-electron chi connectivity index (χ2n) is 6.13. The summed E-state index contributed by atoms with van der Waals surface area (Å²) in [7, 11) is 2.99. The second-order valence-corrected chi connectivity index (χ2v) is 6.13. The molecule has 30 heavy (non-hydrogen) atoms. The van der Waals surface area contributed by atoms with Crippen molar-refractivity contribution in [2.45, 2.75) is 6.54 Å². The SMILES string of the molecule is COc1ccc(C(=O)NC(=Cc2cccnc2)C(=O)NCc2ccco2)cc1OC. The smallest absolute Gasteiger partial charge is 0.268 e. The first-order valence-corrected chi connectivity index (χ1v) is 9.06. The Morgan fingerprint density at radius 1 is 1.10 bits per heavy atom. The van der Waals surface area contributed by atoms with E-state index in [0.29, 0.717) is 28.4 Å². The van der Waals surface area contributed by atoms with Gasteiger partial charge in [0.1, 0.15) is 11.5 Å². The highest BCUT2D eigenvalue weighted by Crippen LogP contribution is 2.27. The van der Waals surface area contributed by atoms with Gasteiger partial charge in [0, 0.05) is 18.0 Å². The van der Waals surface area contributed by atoms with Crippen LogP contribution in [-0.2, 0) is 11.3 Å². The quantitative estimate of drug-likeness (QED) is 0.557. The number of carbonyl (C=O) groups is 2. The Balaban J connectivity index is 1.82. The zero-order chi connectivity index (χ0) is 21.3. The number of nitrogens with zero attached hydrogens (tertiary/aromatic N) is 1. The van der Waals surface area contributed by atoms with Gasteiger partial charge in [-0.15, -0.1) is 0 Å². The van der Waals surface area contributed by atoms with Gasteiger partial charge in [0.05, 0.1) is 27.0 Å². The van der Waals surface area contributed by atoms with Crippen LogP contribution in [0.1, 0.15) is 21.7 Å². The molecular formula is C22H21N3O5. The molecule has 3 rings (SSSR count). The molecule has 8 nitrogen and oxygen atoms in total. The van der Waals surface area contributed by atoms with Gasteiger partial charge in [-0.05, 0) is 48.0 Å². The Bertz CT molecular complexity index is 1030. The Kier molecular flexibility index (Phi) is 6.83. The van der Waals surface area contributed by atoms with Crippen LogP contribution in [0.3, 0.4) is 0 Å². The van der Waals surface area contributed by atoms with E-state index < -0.39 is 11.8 Å². The number of amides is 2. The molecule has 0 aliphatic carbocycles. The maximum atomic E-state index is 12.8. The number of rotatable bonds is 8. The lowest BCUT2D eigenvalue weighted by molar-refractivity contribution is -0.118. The lowest BCUT2D eigenvalue weighted by atomic mass is 10.1. The summed E-state index contributed by atoms with van der Waals surface area (Å²) in [5, 5.41) is 5.38. The van der Waals surface area contributed by atoms with Gasteiger partial charge in [-0.2, -0.15) is 0 Å². The number of aromatic nitrogens is 1. The molecule has 3 aromatic rings. The van der Waals surface area contributed by atoms with Crippen LogP contribution >= 0.6 is 0 Å². The summed E-state index contributed by atoms with van der Waals surface area (Å²) < 4.78 is 15.6. The second kappa shape index (κ2) is 9.92. The van der Waals surface area contributed by atoms with Crippen LogP contribution in [0.4, 0.5) is 0 Å². The summed E-state index contributed by atoms with van der Waals surface area (Å²) in [5.74, 6) is 0.556. The van der Waals surface area contributed by atoms with Crippen LogP contribution in [0.25, 0.3) is 6.08 Å². The standard InChI is InChI=1S/C22H21N3O5/c1-28-19-8-7-16(12-20(19)29-2)21(26)25-18(11-15-5-3-9-23-13-15)22(27)24-14-17-6-4-10-30-17/h3-13H,14H2,1-2H3,(H,24,27)(H,25,26). The van der Waals surface area contributed by atoms with Crippen molar-refractivity contribution < 1.29 is 23.5 Å². The van der Waals surface area contributed by atoms with Gasteiger partial charge in [0.2, 0.25) is 0 Å². The maximum Gasteiger partial charge on any atom is 0.268 e. The summed E-state index contributed by atoms with van der Waals surface area (Å²) in [6.45, 7) is 0.183. The highest BCUT2D eigenvalue weighted by molar-refractivity contribution is 6.05. The van der Waals surface area contributed by atoms with Crippen molar-refractivity contribution in [2.75, 3.05) is 14.2 Å². The van der Waals surface area contributed by atoms with Gasteiger partial charge in [-0.25, -0.2) is 0 Å². The van der Waals surface area contributed by atoms with Crippen molar-refractivity contribution in [1.82, 2.24) is 15.6 Å². The molecule has 0 aliphatic heterocycles. The maximum absolute atomic E-state index is 12.8. The topological polar surface area (TPSA) is 103 Å². The molecule has 8 heteroatoms. The Labute approximate surface area is 173 Å². The highest BCUT2D eigenvalue weighted by Gasteiger charge is 2.17. The van der Waals surface area contributed by atoms with E-state index in [0.717, 1.165) is 0 Å². The van der Waals surface area contributed by atoms with E-state index in [1.165, 1.54) is 26.5 Å². The number of hydrogen-bond donors (Lipinski definition) is 2. The van der Waals surface area contributed by atoms with E-state index >= 15 is 0 Å². The van der Waals surface area contributed by atoms with E-state index in [-0.39, 0.29) is 12.2 Å². The van der Waals surface area contributed by atoms with Crippen molar-refractivity contribution in [3.63, 3.8) is 0 Å². The predicted octanol–water partition coefficient (Wildman–Crippen LogP) is 2.78. The minimum Gasteiger partial charge on any atom is -0.493 e. The molecule has 0 bridgehead atoms. The third-order valence-corrected chi connectivity index (χ3v) is 4.14. The monoisotopic (exact) mass is 407 g/mol. The molecule has 2 N–H and O–H groups in total. The van der Waals surface area contributed by atoms with Gasteiger partial charge in [-0.3, -0.25) is 14.6 Å². The molecule has 2 heterocycles. The van der Waals surface area contributed by atoms with Crippen molar-refractivity contribution in [2.24, 2.45) is 0 Å². The van der Waals surface area contributed by atoms with E-state index in [1.54, 1.807) is 54.9 Å². The van der Waals surface area contributed by atoms with Crippen LogP contribution < -0.4 is 20.1 Å². The average molecular weight is 407 g/mol. The fourth-order valence-electron chi connectivity index (χ4n) is 2.63. The molecule has 154 valence electrons. The number of methoxy groups -OCH3 is 2. The van der Waals surface area contributed by atoms with Crippen molar-refractivity contribution in [3.05, 3.63) is 83.7 Å². The number of nitrogens with one attached hydrogen (secondary N) is 2. The van der Waals surface area contributed by atoms with E-state index in [1.807, 2.05) is 0 Å². The van der Waals surface area contributed by atoms with Gasteiger partial charge in [-0.1, -0.05) is 6.07 Å². The molecule has 0 saturated heterocycles. The average Bonchev–Trinajstić information content (AvgIpc) is 3.30. The van der Waals surface area contributed by atoms with E-state index in [4.69, 9.17) is 13.9 Å². The predicted molar refractivity (Wildman–Crippen MR) is 110 cm³/mol. The first-order valence-electron chi connectivity index (χ1n) is 9.06. The lowest BCUT2D eigenvalue weighted by Gasteiger charge is -2.12. The lowest BCUT2D eigenvalue weighted by Crippen LogP contribution is -2.34. The van der Waals surface area contributed by atoms with Crippen LogP contribution in [0, 0.1) is 0 Å². The first-order chi connectivity index (χ1) is 14.6. The Morgan fingerprint density at radius 3 is 2.60 bits per heavy atom. The molecule has 0 fully saturated rings. The summed E-state index contributed by atoms with van der Waals surface area (Å²) in [5.41, 5.74) is 1.03. The number of ether oxygens (including phenoxy) is 2. The number of benzene rings is 1. The molecule has 0 spiro atoms. The van der Waals surface area contributed by atoms with Gasteiger partial charge < -0.3 is 24.5 Å². The zero-order valence-electron chi connectivity index (χ0n) is 16.5. The highest BCUT2D eigenvalue weighted by atomic mass is 16.5. The number of furan rings is 1. The molecule has 2 amide bonds. The molecule has 0 aliphatic rings. The largest absolute Gasteiger partial charge is 0.493 e. The summed E-state index contributed by atoms with van der Waals surface area (Å²) >= 11 is 0. The molecule has 0 unspecified atom stereocenters. The molecule has 0 atom stereocenters. The Morgan fingerprint density at radius 2 is 1.93 bits per heavy atom. The summed E-state index contributed by atoms with van der Waals surface area (Å²) in [6, 6.07) is 11.7. The van der Waals surface area contributed by atoms with Crippen LogP contribution in [0.15, 0.2) is 71.2 Å². The Hall–Kier alpha value is -4.07. The van der Waals surface area contributed by atoms with Crippen LogP contribution in [0.2, 0.25) is 0 Å². The molecule has 2 aromatic heterocycles. The number of pyridine rings is 1. The zero-order valence-corrected chi connectivity index (χ0v) is 16.5. The van der Waals surface area contributed by atoms with Gasteiger partial charge >= 0.3 is 0 Å². The molecule has 0 saturated carbocycles. The minimum absolute atomic E-state index is 0.0642. The van der Waals surface area contributed by atoms with Crippen LogP contribution in [-0.4, -0.2) is 31.0 Å². The normalized spacial score (nSPS) is 10.9. The molecule has 0 radical (unpaired) electrons.